The molecule has 110 valence electrons. The molecule has 0 saturated carbocycles. The van der Waals surface area contributed by atoms with Crippen LogP contribution in [0.1, 0.15) is 16.7 Å². The molecule has 22 heavy (non-hydrogen) atoms. The maximum Gasteiger partial charge on any atom is 0.119 e. The van der Waals surface area contributed by atoms with Gasteiger partial charge in [-0.05, 0) is 16.7 Å². The quantitative estimate of drug-likeness (QED) is 0.315. The van der Waals surface area contributed by atoms with E-state index in [0.717, 1.165) is 16.7 Å². The zero-order valence-electron chi connectivity index (χ0n) is 12.5. The molecule has 0 fully saturated rings. The molecule has 0 atom stereocenters. The Morgan fingerprint density at radius 3 is 0.955 bits per heavy atom. The largest absolute Gasteiger partial charge is 0.119 e. The fraction of sp³-hybridized carbons (Fsp3) is 0.0476. The van der Waals surface area contributed by atoms with Crippen LogP contribution in [0, 0.1) is 0 Å². The van der Waals surface area contributed by atoms with Crippen molar-refractivity contribution in [2.45, 2.75) is 4.87 Å². The molecule has 0 heterocycles. The van der Waals surface area contributed by atoms with Gasteiger partial charge in [-0.2, -0.15) is 0 Å². The fourth-order valence-electron chi connectivity index (χ4n) is 2.50. The highest BCUT2D eigenvalue weighted by molar-refractivity contribution is 6.28. The Morgan fingerprint density at radius 2 is 0.727 bits per heavy atom. The Kier molecular flexibility index (Phi) is 5.57. The average molecular weight is 307 g/mol. The SMILES string of the molecule is C=C.ClC(c1ccccc1)(c1ccccc1)c1ccccc1. The minimum atomic E-state index is -0.649. The molecule has 0 amide bonds. The Balaban J connectivity index is 0.000000847. The Morgan fingerprint density at radius 1 is 0.500 bits per heavy atom. The lowest BCUT2D eigenvalue weighted by molar-refractivity contribution is 0.879. The summed E-state index contributed by atoms with van der Waals surface area (Å²) in [5.74, 6) is 0. The lowest BCUT2D eigenvalue weighted by Crippen LogP contribution is -2.22. The summed E-state index contributed by atoms with van der Waals surface area (Å²) >= 11 is 7.12. The van der Waals surface area contributed by atoms with Gasteiger partial charge in [-0.25, -0.2) is 0 Å². The van der Waals surface area contributed by atoms with Crippen LogP contribution in [0.4, 0.5) is 0 Å². The van der Waals surface area contributed by atoms with E-state index in [0.29, 0.717) is 0 Å². The molecule has 0 spiro atoms. The third-order valence-corrected chi connectivity index (χ3v) is 4.17. The van der Waals surface area contributed by atoms with E-state index in [-0.39, 0.29) is 0 Å². The van der Waals surface area contributed by atoms with E-state index in [9.17, 15) is 0 Å². The summed E-state index contributed by atoms with van der Waals surface area (Å²) < 4.78 is 0. The van der Waals surface area contributed by atoms with Crippen molar-refractivity contribution in [3.63, 3.8) is 0 Å². The number of halogens is 1. The first-order valence-corrected chi connectivity index (χ1v) is 7.55. The van der Waals surface area contributed by atoms with Gasteiger partial charge in [-0.15, -0.1) is 24.8 Å². The summed E-state index contributed by atoms with van der Waals surface area (Å²) in [7, 11) is 0. The predicted molar refractivity (Wildman–Crippen MR) is 96.3 cm³/mol. The maximum atomic E-state index is 7.12. The lowest BCUT2D eigenvalue weighted by atomic mass is 9.84. The number of rotatable bonds is 3. The third kappa shape index (κ3) is 3.13. The van der Waals surface area contributed by atoms with Crippen molar-refractivity contribution in [2.75, 3.05) is 0 Å². The summed E-state index contributed by atoms with van der Waals surface area (Å²) in [4.78, 5) is -0.649. The van der Waals surface area contributed by atoms with Crippen LogP contribution in [0.2, 0.25) is 0 Å². The molecule has 0 aliphatic rings. The van der Waals surface area contributed by atoms with Gasteiger partial charge in [0.05, 0.1) is 0 Å². The average Bonchev–Trinajstić information content (AvgIpc) is 2.65. The second-order valence-corrected chi connectivity index (χ2v) is 5.32. The van der Waals surface area contributed by atoms with Gasteiger partial charge in [-0.1, -0.05) is 91.0 Å². The maximum absolute atomic E-state index is 7.12. The van der Waals surface area contributed by atoms with Crippen molar-refractivity contribution >= 4 is 11.6 Å². The van der Waals surface area contributed by atoms with Crippen molar-refractivity contribution in [1.29, 1.82) is 0 Å². The normalized spacial score (nSPS) is 10.4. The molecule has 0 aliphatic carbocycles. The van der Waals surface area contributed by atoms with Crippen LogP contribution in [0.5, 0.6) is 0 Å². The number of alkyl halides is 1. The zero-order chi connectivity index (χ0) is 15.8. The summed E-state index contributed by atoms with van der Waals surface area (Å²) in [6.07, 6.45) is 0. The van der Waals surface area contributed by atoms with E-state index in [1.54, 1.807) is 0 Å². The van der Waals surface area contributed by atoms with Gasteiger partial charge in [0.25, 0.3) is 0 Å². The Bertz CT molecular complexity index is 578. The highest BCUT2D eigenvalue weighted by atomic mass is 35.5. The van der Waals surface area contributed by atoms with Crippen molar-refractivity contribution in [3.05, 3.63) is 121 Å². The van der Waals surface area contributed by atoms with E-state index in [1.165, 1.54) is 0 Å². The first-order valence-electron chi connectivity index (χ1n) is 7.17. The molecule has 0 aliphatic heterocycles. The van der Waals surface area contributed by atoms with Gasteiger partial charge in [0.15, 0.2) is 0 Å². The van der Waals surface area contributed by atoms with E-state index < -0.39 is 4.87 Å². The summed E-state index contributed by atoms with van der Waals surface area (Å²) in [5.41, 5.74) is 3.25. The summed E-state index contributed by atoms with van der Waals surface area (Å²) in [6.45, 7) is 6.00. The van der Waals surface area contributed by atoms with Crippen LogP contribution < -0.4 is 0 Å². The third-order valence-electron chi connectivity index (χ3n) is 3.51. The van der Waals surface area contributed by atoms with Gasteiger partial charge in [0.2, 0.25) is 0 Å². The Labute approximate surface area is 137 Å². The molecule has 0 N–H and O–H groups in total. The van der Waals surface area contributed by atoms with Crippen molar-refractivity contribution in [2.24, 2.45) is 0 Å². The van der Waals surface area contributed by atoms with Gasteiger partial charge < -0.3 is 0 Å². The molecule has 3 aromatic carbocycles. The van der Waals surface area contributed by atoms with E-state index in [1.807, 2.05) is 54.6 Å². The zero-order valence-corrected chi connectivity index (χ0v) is 13.2. The van der Waals surface area contributed by atoms with Crippen LogP contribution in [-0.2, 0) is 4.87 Å². The number of benzene rings is 3. The van der Waals surface area contributed by atoms with Gasteiger partial charge in [-0.3, -0.25) is 0 Å². The lowest BCUT2D eigenvalue weighted by Gasteiger charge is -2.29. The Hall–Kier alpha value is -2.31. The van der Waals surface area contributed by atoms with Gasteiger partial charge in [0.1, 0.15) is 4.87 Å². The molecule has 0 unspecified atom stereocenters. The second kappa shape index (κ2) is 7.63. The first kappa shape index (κ1) is 16.1. The predicted octanol–water partition coefficient (Wildman–Crippen LogP) is 6.02. The molecule has 0 aromatic heterocycles. The van der Waals surface area contributed by atoms with Crippen LogP contribution >= 0.6 is 11.6 Å². The monoisotopic (exact) mass is 306 g/mol. The molecule has 3 rings (SSSR count). The molecule has 0 radical (unpaired) electrons. The topological polar surface area (TPSA) is 0 Å². The standard InChI is InChI=1S/C19H15Cl.C2H4/c20-19(16-10-4-1-5-11-16,17-12-6-2-7-13-17)18-14-8-3-9-15-18;1-2/h1-15H;1-2H2. The first-order chi connectivity index (χ1) is 10.8. The smallest absolute Gasteiger partial charge is 0.106 e. The van der Waals surface area contributed by atoms with Gasteiger partial charge in [0, 0.05) is 0 Å². The minimum absolute atomic E-state index is 0.649. The second-order valence-electron chi connectivity index (χ2n) is 4.76. The van der Waals surface area contributed by atoms with Crippen molar-refractivity contribution in [1.82, 2.24) is 0 Å². The van der Waals surface area contributed by atoms with Crippen LogP contribution in [0.3, 0.4) is 0 Å². The molecule has 0 saturated heterocycles. The van der Waals surface area contributed by atoms with Crippen molar-refractivity contribution < 1.29 is 0 Å². The van der Waals surface area contributed by atoms with E-state index >= 15 is 0 Å². The molecular weight excluding hydrogens is 288 g/mol. The highest BCUT2D eigenvalue weighted by Gasteiger charge is 2.33. The molecular formula is C21H19Cl. The van der Waals surface area contributed by atoms with Gasteiger partial charge >= 0.3 is 0 Å². The van der Waals surface area contributed by atoms with Crippen LogP contribution in [-0.4, -0.2) is 0 Å². The molecule has 1 heteroatoms. The van der Waals surface area contributed by atoms with E-state index in [2.05, 4.69) is 49.6 Å². The van der Waals surface area contributed by atoms with Crippen molar-refractivity contribution in [3.8, 4) is 0 Å². The highest BCUT2D eigenvalue weighted by Crippen LogP contribution is 2.42. The minimum Gasteiger partial charge on any atom is -0.106 e. The fourth-order valence-corrected chi connectivity index (χ4v) is 2.88. The molecule has 0 bridgehead atoms. The van der Waals surface area contributed by atoms with Crippen LogP contribution in [0.15, 0.2) is 104 Å². The summed E-state index contributed by atoms with van der Waals surface area (Å²) in [6, 6.07) is 30.6. The summed E-state index contributed by atoms with van der Waals surface area (Å²) in [5, 5.41) is 0. The number of hydrogen-bond donors (Lipinski definition) is 0. The molecule has 0 nitrogen and oxygen atoms in total. The number of hydrogen-bond acceptors (Lipinski definition) is 0. The molecule has 3 aromatic rings. The van der Waals surface area contributed by atoms with E-state index in [4.69, 9.17) is 11.6 Å². The van der Waals surface area contributed by atoms with Crippen LogP contribution in [0.25, 0.3) is 0 Å².